The number of benzene rings is 2. The van der Waals surface area contributed by atoms with Gasteiger partial charge in [0, 0.05) is 19.2 Å². The topological polar surface area (TPSA) is 32.3 Å². The summed E-state index contributed by atoms with van der Waals surface area (Å²) in [6.07, 6.45) is 5.78. The van der Waals surface area contributed by atoms with Crippen molar-refractivity contribution in [2.45, 2.75) is 19.4 Å². The van der Waals surface area contributed by atoms with Crippen LogP contribution in [0.5, 0.6) is 0 Å². The van der Waals surface area contributed by atoms with Crippen LogP contribution in [0, 0.1) is 5.92 Å². The molecular formula is C22H26N2O. The van der Waals surface area contributed by atoms with Crippen LogP contribution >= 0.6 is 0 Å². The van der Waals surface area contributed by atoms with Crippen molar-refractivity contribution in [1.82, 2.24) is 10.2 Å². The minimum atomic E-state index is -0.00410. The summed E-state index contributed by atoms with van der Waals surface area (Å²) in [5.74, 6) is 0.580. The largest absolute Gasteiger partial charge is 0.352 e. The Kier molecular flexibility index (Phi) is 6.41. The molecule has 0 bridgehead atoms. The van der Waals surface area contributed by atoms with E-state index in [2.05, 4.69) is 40.5 Å². The third-order valence-corrected chi connectivity index (χ3v) is 4.75. The van der Waals surface area contributed by atoms with Crippen LogP contribution in [-0.2, 0) is 11.3 Å². The van der Waals surface area contributed by atoms with Crippen LogP contribution in [0.2, 0.25) is 0 Å². The molecule has 0 radical (unpaired) electrons. The lowest BCUT2D eigenvalue weighted by Crippen LogP contribution is -2.38. The second kappa shape index (κ2) is 9.19. The summed E-state index contributed by atoms with van der Waals surface area (Å²) in [6.45, 7) is 4.02. The standard InChI is InChI=1S/C22H26N2O/c25-22(12-11-19-7-3-1-4-8-19)23-17-20-13-15-24(16-14-20)18-21-9-5-2-6-10-21/h1-12,20H,13-18H2,(H,23,25)/b12-11+. The number of nitrogens with zero attached hydrogens (tertiary/aromatic N) is 1. The Labute approximate surface area is 150 Å². The van der Waals surface area contributed by atoms with Gasteiger partial charge < -0.3 is 5.32 Å². The summed E-state index contributed by atoms with van der Waals surface area (Å²) >= 11 is 0. The van der Waals surface area contributed by atoms with Gasteiger partial charge in [-0.25, -0.2) is 0 Å². The maximum Gasteiger partial charge on any atom is 0.244 e. The average Bonchev–Trinajstić information content (AvgIpc) is 2.67. The number of amides is 1. The summed E-state index contributed by atoms with van der Waals surface area (Å²) in [5, 5.41) is 3.04. The third kappa shape index (κ3) is 5.87. The van der Waals surface area contributed by atoms with Gasteiger partial charge in [-0.05, 0) is 49.1 Å². The molecular weight excluding hydrogens is 308 g/mol. The van der Waals surface area contributed by atoms with E-state index >= 15 is 0 Å². The van der Waals surface area contributed by atoms with Crippen molar-refractivity contribution in [3.8, 4) is 0 Å². The van der Waals surface area contributed by atoms with E-state index in [-0.39, 0.29) is 5.91 Å². The highest BCUT2D eigenvalue weighted by molar-refractivity contribution is 5.91. The molecule has 0 spiro atoms. The number of piperidine rings is 1. The zero-order valence-electron chi connectivity index (χ0n) is 14.6. The fourth-order valence-electron chi connectivity index (χ4n) is 3.23. The van der Waals surface area contributed by atoms with Crippen LogP contribution in [0.15, 0.2) is 66.7 Å². The van der Waals surface area contributed by atoms with Gasteiger partial charge in [0.25, 0.3) is 0 Å². The summed E-state index contributed by atoms with van der Waals surface area (Å²) < 4.78 is 0. The number of carbonyl (C=O) groups excluding carboxylic acids is 1. The molecule has 0 atom stereocenters. The normalized spacial score (nSPS) is 16.2. The van der Waals surface area contributed by atoms with Gasteiger partial charge in [0.05, 0.1) is 0 Å². The van der Waals surface area contributed by atoms with E-state index in [1.165, 1.54) is 5.56 Å². The molecule has 130 valence electrons. The predicted molar refractivity (Wildman–Crippen MR) is 103 cm³/mol. The van der Waals surface area contributed by atoms with Gasteiger partial charge >= 0.3 is 0 Å². The first-order valence-corrected chi connectivity index (χ1v) is 9.07. The maximum atomic E-state index is 12.0. The molecule has 3 rings (SSSR count). The fourth-order valence-corrected chi connectivity index (χ4v) is 3.23. The first kappa shape index (κ1) is 17.4. The highest BCUT2D eigenvalue weighted by Crippen LogP contribution is 2.18. The molecule has 2 aromatic rings. The molecule has 0 aliphatic carbocycles. The van der Waals surface area contributed by atoms with Crippen LogP contribution in [0.3, 0.4) is 0 Å². The highest BCUT2D eigenvalue weighted by atomic mass is 16.1. The van der Waals surface area contributed by atoms with Crippen molar-refractivity contribution in [2.75, 3.05) is 19.6 Å². The highest BCUT2D eigenvalue weighted by Gasteiger charge is 2.19. The monoisotopic (exact) mass is 334 g/mol. The predicted octanol–water partition coefficient (Wildman–Crippen LogP) is 3.73. The number of carbonyl (C=O) groups is 1. The summed E-state index contributed by atoms with van der Waals surface area (Å²) in [4.78, 5) is 14.5. The van der Waals surface area contributed by atoms with Crippen molar-refractivity contribution in [1.29, 1.82) is 0 Å². The van der Waals surface area contributed by atoms with E-state index in [0.717, 1.165) is 44.6 Å². The first-order chi connectivity index (χ1) is 12.3. The van der Waals surface area contributed by atoms with Crippen molar-refractivity contribution in [2.24, 2.45) is 5.92 Å². The van der Waals surface area contributed by atoms with Crippen LogP contribution in [0.4, 0.5) is 0 Å². The number of nitrogens with one attached hydrogen (secondary N) is 1. The van der Waals surface area contributed by atoms with Gasteiger partial charge in [-0.15, -0.1) is 0 Å². The lowest BCUT2D eigenvalue weighted by molar-refractivity contribution is -0.116. The maximum absolute atomic E-state index is 12.0. The van der Waals surface area contributed by atoms with E-state index in [1.807, 2.05) is 36.4 Å². The van der Waals surface area contributed by atoms with Gasteiger partial charge in [-0.2, -0.15) is 0 Å². The van der Waals surface area contributed by atoms with Crippen LogP contribution < -0.4 is 5.32 Å². The quantitative estimate of drug-likeness (QED) is 0.817. The van der Waals surface area contributed by atoms with Crippen molar-refractivity contribution in [3.05, 3.63) is 77.9 Å². The van der Waals surface area contributed by atoms with Gasteiger partial charge in [0.2, 0.25) is 5.91 Å². The molecule has 3 nitrogen and oxygen atoms in total. The molecule has 1 heterocycles. The number of likely N-dealkylation sites (tertiary alicyclic amines) is 1. The van der Waals surface area contributed by atoms with Gasteiger partial charge in [0.15, 0.2) is 0 Å². The van der Waals surface area contributed by atoms with E-state index < -0.39 is 0 Å². The summed E-state index contributed by atoms with van der Waals surface area (Å²) in [6, 6.07) is 20.5. The minimum Gasteiger partial charge on any atom is -0.352 e. The molecule has 25 heavy (non-hydrogen) atoms. The second-order valence-electron chi connectivity index (χ2n) is 6.69. The molecule has 2 aromatic carbocycles. The lowest BCUT2D eigenvalue weighted by Gasteiger charge is -2.32. The van der Waals surface area contributed by atoms with E-state index in [1.54, 1.807) is 6.08 Å². The van der Waals surface area contributed by atoms with Crippen molar-refractivity contribution >= 4 is 12.0 Å². The van der Waals surface area contributed by atoms with Gasteiger partial charge in [-0.3, -0.25) is 9.69 Å². The molecule has 1 aliphatic rings. The molecule has 1 fully saturated rings. The second-order valence-corrected chi connectivity index (χ2v) is 6.69. The number of hydrogen-bond acceptors (Lipinski definition) is 2. The Morgan fingerprint density at radius 1 is 1.00 bits per heavy atom. The Morgan fingerprint density at radius 3 is 2.32 bits per heavy atom. The molecule has 1 saturated heterocycles. The molecule has 1 aliphatic heterocycles. The molecule has 0 saturated carbocycles. The van der Waals surface area contributed by atoms with E-state index in [4.69, 9.17) is 0 Å². The SMILES string of the molecule is O=C(/C=C/c1ccccc1)NCC1CCN(Cc2ccccc2)CC1. The van der Waals surface area contributed by atoms with Crippen LogP contribution in [0.1, 0.15) is 24.0 Å². The smallest absolute Gasteiger partial charge is 0.244 e. The fraction of sp³-hybridized carbons (Fsp3) is 0.318. The molecule has 1 N–H and O–H groups in total. The zero-order valence-corrected chi connectivity index (χ0v) is 14.6. The Bertz CT molecular complexity index is 674. The summed E-state index contributed by atoms with van der Waals surface area (Å²) in [5.41, 5.74) is 2.42. The van der Waals surface area contributed by atoms with E-state index in [0.29, 0.717) is 5.92 Å². The Morgan fingerprint density at radius 2 is 1.64 bits per heavy atom. The molecule has 1 amide bonds. The zero-order chi connectivity index (χ0) is 17.3. The molecule has 0 unspecified atom stereocenters. The van der Waals surface area contributed by atoms with Crippen LogP contribution in [0.25, 0.3) is 6.08 Å². The van der Waals surface area contributed by atoms with Crippen molar-refractivity contribution in [3.63, 3.8) is 0 Å². The third-order valence-electron chi connectivity index (χ3n) is 4.75. The number of hydrogen-bond donors (Lipinski definition) is 1. The Hall–Kier alpha value is -2.39. The number of rotatable bonds is 6. The van der Waals surface area contributed by atoms with Crippen molar-refractivity contribution < 1.29 is 4.79 Å². The van der Waals surface area contributed by atoms with Gasteiger partial charge in [-0.1, -0.05) is 60.7 Å². The molecule has 0 aromatic heterocycles. The first-order valence-electron chi connectivity index (χ1n) is 9.07. The van der Waals surface area contributed by atoms with Crippen LogP contribution in [-0.4, -0.2) is 30.4 Å². The summed E-state index contributed by atoms with van der Waals surface area (Å²) in [7, 11) is 0. The lowest BCUT2D eigenvalue weighted by atomic mass is 9.96. The Balaban J connectivity index is 1.36. The minimum absolute atomic E-state index is 0.00410. The van der Waals surface area contributed by atoms with Gasteiger partial charge in [0.1, 0.15) is 0 Å². The molecule has 3 heteroatoms. The average molecular weight is 334 g/mol. The van der Waals surface area contributed by atoms with E-state index in [9.17, 15) is 4.79 Å².